The van der Waals surface area contributed by atoms with Gasteiger partial charge in [-0.15, -0.1) is 0 Å². The molecule has 0 spiro atoms. The Kier molecular flexibility index (Phi) is 4.99. The van der Waals surface area contributed by atoms with Crippen LogP contribution in [0, 0.1) is 6.92 Å². The molecule has 1 aromatic carbocycles. The van der Waals surface area contributed by atoms with E-state index in [1.54, 1.807) is 4.90 Å². The van der Waals surface area contributed by atoms with Gasteiger partial charge in [0, 0.05) is 18.9 Å². The van der Waals surface area contributed by atoms with E-state index in [2.05, 4.69) is 0 Å². The Balaban J connectivity index is 2.26. The van der Waals surface area contributed by atoms with Gasteiger partial charge in [0.1, 0.15) is 6.04 Å². The molecule has 114 valence electrons. The number of rotatable bonds is 4. The van der Waals surface area contributed by atoms with Gasteiger partial charge in [0.2, 0.25) is 5.91 Å². The van der Waals surface area contributed by atoms with Gasteiger partial charge in [-0.25, -0.2) is 4.79 Å². The molecule has 2 rings (SSSR count). The first-order chi connectivity index (χ1) is 10.0. The van der Waals surface area contributed by atoms with Crippen molar-refractivity contribution < 1.29 is 14.7 Å². The predicted molar refractivity (Wildman–Crippen MR) is 81.2 cm³/mol. The fourth-order valence-corrected chi connectivity index (χ4v) is 2.97. The Labute approximate surface area is 125 Å². The number of aliphatic carboxylic acids is 1. The van der Waals surface area contributed by atoms with Crippen molar-refractivity contribution in [1.29, 1.82) is 0 Å². The average molecular weight is 289 g/mol. The van der Waals surface area contributed by atoms with E-state index >= 15 is 0 Å². The van der Waals surface area contributed by atoms with Crippen molar-refractivity contribution in [3.8, 4) is 0 Å². The molecule has 4 heteroatoms. The van der Waals surface area contributed by atoms with Gasteiger partial charge in [-0.1, -0.05) is 43.2 Å². The number of amides is 1. The van der Waals surface area contributed by atoms with E-state index in [9.17, 15) is 14.7 Å². The van der Waals surface area contributed by atoms with Crippen LogP contribution < -0.4 is 0 Å². The standard InChI is InChI=1S/C17H23NO3/c1-12-7-9-14(10-8-12)13(2)16(17(20)21)18-11-5-3-4-6-15(18)19/h7-10,13,16H,3-6,11H2,1-2H3,(H,20,21). The lowest BCUT2D eigenvalue weighted by Crippen LogP contribution is -2.47. The molecule has 0 aromatic heterocycles. The summed E-state index contributed by atoms with van der Waals surface area (Å²) in [6.45, 7) is 4.44. The number of likely N-dealkylation sites (tertiary alicyclic amines) is 1. The van der Waals surface area contributed by atoms with E-state index in [1.807, 2.05) is 38.1 Å². The van der Waals surface area contributed by atoms with Crippen LogP contribution in [0.3, 0.4) is 0 Å². The lowest BCUT2D eigenvalue weighted by atomic mass is 9.91. The van der Waals surface area contributed by atoms with Gasteiger partial charge < -0.3 is 10.0 Å². The van der Waals surface area contributed by atoms with Gasteiger partial charge in [0.15, 0.2) is 0 Å². The molecule has 21 heavy (non-hydrogen) atoms. The molecule has 1 aliphatic heterocycles. The van der Waals surface area contributed by atoms with E-state index in [0.717, 1.165) is 30.4 Å². The maximum Gasteiger partial charge on any atom is 0.327 e. The molecule has 4 nitrogen and oxygen atoms in total. The van der Waals surface area contributed by atoms with Crippen LogP contribution in [0.15, 0.2) is 24.3 Å². The Morgan fingerprint density at radius 1 is 1.19 bits per heavy atom. The van der Waals surface area contributed by atoms with E-state index in [-0.39, 0.29) is 11.8 Å². The summed E-state index contributed by atoms with van der Waals surface area (Å²) in [4.78, 5) is 25.5. The minimum Gasteiger partial charge on any atom is -0.480 e. The first kappa shape index (κ1) is 15.5. The normalized spacial score (nSPS) is 19.0. The highest BCUT2D eigenvalue weighted by Crippen LogP contribution is 2.26. The van der Waals surface area contributed by atoms with E-state index in [4.69, 9.17) is 0 Å². The summed E-state index contributed by atoms with van der Waals surface area (Å²) in [6.07, 6.45) is 3.20. The molecule has 1 aliphatic rings. The Hall–Kier alpha value is -1.84. The lowest BCUT2D eigenvalue weighted by molar-refractivity contribution is -0.150. The molecule has 0 aliphatic carbocycles. The topological polar surface area (TPSA) is 57.6 Å². The summed E-state index contributed by atoms with van der Waals surface area (Å²) >= 11 is 0. The van der Waals surface area contributed by atoms with Crippen LogP contribution in [0.2, 0.25) is 0 Å². The van der Waals surface area contributed by atoms with E-state index in [1.165, 1.54) is 0 Å². The van der Waals surface area contributed by atoms with Crippen molar-refractivity contribution in [3.05, 3.63) is 35.4 Å². The number of hydrogen-bond acceptors (Lipinski definition) is 2. The molecular weight excluding hydrogens is 266 g/mol. The average Bonchev–Trinajstić information content (AvgIpc) is 2.65. The number of nitrogens with zero attached hydrogens (tertiary/aromatic N) is 1. The smallest absolute Gasteiger partial charge is 0.327 e. The summed E-state index contributed by atoms with van der Waals surface area (Å²) in [7, 11) is 0. The zero-order valence-electron chi connectivity index (χ0n) is 12.7. The highest BCUT2D eigenvalue weighted by Gasteiger charge is 2.35. The minimum absolute atomic E-state index is 0.0288. The molecule has 0 saturated carbocycles. The minimum atomic E-state index is -0.918. The summed E-state index contributed by atoms with van der Waals surface area (Å²) in [6, 6.07) is 7.10. The Bertz CT molecular complexity index is 509. The highest BCUT2D eigenvalue weighted by molar-refractivity contribution is 5.84. The monoisotopic (exact) mass is 289 g/mol. The molecular formula is C17H23NO3. The molecule has 2 atom stereocenters. The van der Waals surface area contributed by atoms with Crippen molar-refractivity contribution >= 4 is 11.9 Å². The zero-order valence-corrected chi connectivity index (χ0v) is 12.7. The molecule has 2 unspecified atom stereocenters. The first-order valence-electron chi connectivity index (χ1n) is 7.59. The summed E-state index contributed by atoms with van der Waals surface area (Å²) in [5, 5.41) is 9.63. The van der Waals surface area contributed by atoms with Gasteiger partial charge >= 0.3 is 5.97 Å². The molecule has 1 N–H and O–H groups in total. The summed E-state index contributed by atoms with van der Waals surface area (Å²) < 4.78 is 0. The number of carboxylic acids is 1. The number of carbonyl (C=O) groups excluding carboxylic acids is 1. The molecule has 1 amide bonds. The van der Waals surface area contributed by atoms with Gasteiger partial charge in [0.05, 0.1) is 0 Å². The molecule has 1 fully saturated rings. The van der Waals surface area contributed by atoms with Crippen molar-refractivity contribution in [2.75, 3.05) is 6.54 Å². The van der Waals surface area contributed by atoms with Crippen molar-refractivity contribution in [1.82, 2.24) is 4.90 Å². The van der Waals surface area contributed by atoms with E-state index in [0.29, 0.717) is 13.0 Å². The van der Waals surface area contributed by atoms with Gasteiger partial charge in [-0.05, 0) is 25.3 Å². The highest BCUT2D eigenvalue weighted by atomic mass is 16.4. The second kappa shape index (κ2) is 6.74. The van der Waals surface area contributed by atoms with E-state index < -0.39 is 12.0 Å². The van der Waals surface area contributed by atoms with Gasteiger partial charge in [-0.3, -0.25) is 4.79 Å². The number of benzene rings is 1. The quantitative estimate of drug-likeness (QED) is 0.927. The SMILES string of the molecule is Cc1ccc(C(C)C(C(=O)O)N2CCCCCC2=O)cc1. The number of hydrogen-bond donors (Lipinski definition) is 1. The Morgan fingerprint density at radius 3 is 2.48 bits per heavy atom. The molecule has 1 saturated heterocycles. The summed E-state index contributed by atoms with van der Waals surface area (Å²) in [5.41, 5.74) is 2.11. The third-order valence-corrected chi connectivity index (χ3v) is 4.28. The Morgan fingerprint density at radius 2 is 1.86 bits per heavy atom. The second-order valence-electron chi connectivity index (χ2n) is 5.88. The van der Waals surface area contributed by atoms with Crippen molar-refractivity contribution in [2.45, 2.75) is 51.5 Å². The summed E-state index contributed by atoms with van der Waals surface area (Å²) in [5.74, 6) is -1.16. The van der Waals surface area contributed by atoms with Gasteiger partial charge in [0.25, 0.3) is 0 Å². The van der Waals surface area contributed by atoms with Crippen LogP contribution in [0.1, 0.15) is 49.7 Å². The second-order valence-corrected chi connectivity index (χ2v) is 5.88. The lowest BCUT2D eigenvalue weighted by Gasteiger charge is -2.32. The predicted octanol–water partition coefficient (Wildman–Crippen LogP) is 2.95. The van der Waals surface area contributed by atoms with Crippen LogP contribution >= 0.6 is 0 Å². The maximum atomic E-state index is 12.2. The van der Waals surface area contributed by atoms with Crippen molar-refractivity contribution in [2.24, 2.45) is 0 Å². The fraction of sp³-hybridized carbons (Fsp3) is 0.529. The molecule has 0 bridgehead atoms. The zero-order chi connectivity index (χ0) is 15.4. The number of carboxylic acid groups (broad SMARTS) is 1. The fourth-order valence-electron chi connectivity index (χ4n) is 2.97. The number of carbonyl (C=O) groups is 2. The third kappa shape index (κ3) is 3.63. The van der Waals surface area contributed by atoms with Crippen LogP contribution in [0.4, 0.5) is 0 Å². The van der Waals surface area contributed by atoms with Crippen LogP contribution in [-0.2, 0) is 9.59 Å². The molecule has 1 heterocycles. The van der Waals surface area contributed by atoms with Crippen molar-refractivity contribution in [3.63, 3.8) is 0 Å². The van der Waals surface area contributed by atoms with Crippen LogP contribution in [-0.4, -0.2) is 34.5 Å². The van der Waals surface area contributed by atoms with Gasteiger partial charge in [-0.2, -0.15) is 0 Å². The maximum absolute atomic E-state index is 12.2. The molecule has 1 aromatic rings. The number of aryl methyl sites for hydroxylation is 1. The molecule has 0 radical (unpaired) electrons. The largest absolute Gasteiger partial charge is 0.480 e. The third-order valence-electron chi connectivity index (χ3n) is 4.28. The van der Waals surface area contributed by atoms with Crippen LogP contribution in [0.25, 0.3) is 0 Å². The first-order valence-corrected chi connectivity index (χ1v) is 7.59. The van der Waals surface area contributed by atoms with Crippen LogP contribution in [0.5, 0.6) is 0 Å².